The number of ether oxygens (including phenoxy) is 2. The topological polar surface area (TPSA) is 81.5 Å². The van der Waals surface area contributed by atoms with E-state index in [1.807, 2.05) is 28.8 Å². The molecule has 0 aliphatic carbocycles. The van der Waals surface area contributed by atoms with Crippen molar-refractivity contribution in [3.63, 3.8) is 0 Å². The number of rotatable bonds is 4. The van der Waals surface area contributed by atoms with Crippen molar-refractivity contribution in [3.05, 3.63) is 60.3 Å². The molecule has 7 heteroatoms. The number of methoxy groups -OCH3 is 1. The summed E-state index contributed by atoms with van der Waals surface area (Å²) in [5, 5.41) is 13.9. The molecule has 3 heterocycles. The average Bonchev–Trinajstić information content (AvgIpc) is 3.14. The zero-order chi connectivity index (χ0) is 18.1. The van der Waals surface area contributed by atoms with Crippen LogP contribution in [-0.4, -0.2) is 28.0 Å². The van der Waals surface area contributed by atoms with Gasteiger partial charge in [-0.3, -0.25) is 0 Å². The molecule has 0 radical (unpaired) electrons. The quantitative estimate of drug-likeness (QED) is 0.346. The molecule has 1 aromatic carbocycles. The highest BCUT2D eigenvalue weighted by Crippen LogP contribution is 2.25. The molecule has 7 nitrogen and oxygen atoms in total. The molecule has 0 bridgehead atoms. The number of fused-ring (bicyclic) bond motifs is 2. The highest BCUT2D eigenvalue weighted by molar-refractivity contribution is 5.80. The van der Waals surface area contributed by atoms with Gasteiger partial charge in [0.1, 0.15) is 22.4 Å². The van der Waals surface area contributed by atoms with Crippen LogP contribution in [0.2, 0.25) is 0 Å². The maximum absolute atomic E-state index is 9.46. The lowest BCUT2D eigenvalue weighted by Crippen LogP contribution is -2.13. The lowest BCUT2D eigenvalue weighted by Gasteiger charge is -2.13. The number of benzene rings is 1. The van der Waals surface area contributed by atoms with Crippen LogP contribution in [0.4, 0.5) is 0 Å². The zero-order valence-electron chi connectivity index (χ0n) is 14.3. The first-order chi connectivity index (χ1) is 12.7. The molecule has 26 heavy (non-hydrogen) atoms. The first kappa shape index (κ1) is 16.2. The van der Waals surface area contributed by atoms with E-state index >= 15 is 0 Å². The molecule has 0 amide bonds. The summed E-state index contributed by atoms with van der Waals surface area (Å²) < 4.78 is 18.6. The highest BCUT2D eigenvalue weighted by atomic mass is 16.7. The fourth-order valence-electron chi connectivity index (χ4n) is 2.74. The Hall–Kier alpha value is -3.32. The molecule has 0 saturated carbocycles. The third kappa shape index (κ3) is 2.89. The van der Waals surface area contributed by atoms with Gasteiger partial charge in [0.15, 0.2) is 12.1 Å². The van der Waals surface area contributed by atoms with E-state index < -0.39 is 6.29 Å². The minimum Gasteiger partial charge on any atom is -0.465 e. The molecule has 1 N–H and O–H groups in total. The van der Waals surface area contributed by atoms with Gasteiger partial charge in [0.2, 0.25) is 0 Å². The Morgan fingerprint density at radius 2 is 2.12 bits per heavy atom. The normalized spacial score (nSPS) is 13.4. The number of hydrogen-bond donors (Lipinski definition) is 1. The fraction of sp³-hybridized carbons (Fsp3) is 0.158. The molecule has 0 aliphatic heterocycles. The van der Waals surface area contributed by atoms with Crippen LogP contribution in [0.3, 0.4) is 0 Å². The van der Waals surface area contributed by atoms with Crippen LogP contribution < -0.4 is 10.1 Å². The van der Waals surface area contributed by atoms with Crippen LogP contribution in [0.25, 0.3) is 27.9 Å². The number of hydrogen-bond acceptors (Lipinski definition) is 6. The Morgan fingerprint density at radius 3 is 2.92 bits per heavy atom. The van der Waals surface area contributed by atoms with Gasteiger partial charge in [0.25, 0.3) is 0 Å². The van der Waals surface area contributed by atoms with E-state index in [0.717, 1.165) is 5.52 Å². The monoisotopic (exact) mass is 351 g/mol. The zero-order valence-corrected chi connectivity index (χ0v) is 14.3. The van der Waals surface area contributed by atoms with E-state index in [4.69, 9.17) is 13.9 Å². The van der Waals surface area contributed by atoms with Crippen molar-refractivity contribution in [3.8, 4) is 17.2 Å². The van der Waals surface area contributed by atoms with E-state index in [1.165, 1.54) is 0 Å². The third-order valence-electron chi connectivity index (χ3n) is 4.13. The standard InChI is InChI=1S/C19H17N3O4/c1-12(24-2)25-14-5-6-18-15(9-14)16(21-23)10-19(26-18)17-8-13-4-3-7-22(13)11-20-17/h3-12,23H,1-2H3/b21-16-. The highest BCUT2D eigenvalue weighted by Gasteiger charge is 2.10. The second kappa shape index (κ2) is 6.53. The Morgan fingerprint density at radius 1 is 1.23 bits per heavy atom. The maximum atomic E-state index is 9.46. The van der Waals surface area contributed by atoms with Gasteiger partial charge in [-0.15, -0.1) is 0 Å². The van der Waals surface area contributed by atoms with Gasteiger partial charge in [-0.1, -0.05) is 5.16 Å². The van der Waals surface area contributed by atoms with Gasteiger partial charge in [0.05, 0.1) is 11.7 Å². The Balaban J connectivity index is 1.83. The SMILES string of the molecule is COC(C)Oc1ccc2oc(-c3cc4cccn4cn3)c/c(=N/O)c2c1. The van der Waals surface area contributed by atoms with Crippen LogP contribution >= 0.6 is 0 Å². The van der Waals surface area contributed by atoms with Crippen LogP contribution in [-0.2, 0) is 4.74 Å². The van der Waals surface area contributed by atoms with E-state index in [2.05, 4.69) is 10.1 Å². The third-order valence-corrected chi connectivity index (χ3v) is 4.13. The molecule has 0 saturated heterocycles. The summed E-state index contributed by atoms with van der Waals surface area (Å²) in [5.74, 6) is 1.10. The van der Waals surface area contributed by atoms with Crippen molar-refractivity contribution in [2.24, 2.45) is 5.16 Å². The summed E-state index contributed by atoms with van der Waals surface area (Å²) in [7, 11) is 1.57. The molecule has 0 spiro atoms. The van der Waals surface area contributed by atoms with Crippen molar-refractivity contribution in [1.29, 1.82) is 0 Å². The van der Waals surface area contributed by atoms with Gasteiger partial charge >= 0.3 is 0 Å². The number of aromatic nitrogens is 2. The molecule has 4 aromatic rings. The van der Waals surface area contributed by atoms with E-state index in [1.54, 1.807) is 44.6 Å². The van der Waals surface area contributed by atoms with Crippen molar-refractivity contribution in [2.45, 2.75) is 13.2 Å². The van der Waals surface area contributed by atoms with Gasteiger partial charge in [-0.25, -0.2) is 4.98 Å². The maximum Gasteiger partial charge on any atom is 0.196 e. The van der Waals surface area contributed by atoms with E-state index in [0.29, 0.717) is 33.5 Å². The average molecular weight is 351 g/mol. The first-order valence-electron chi connectivity index (χ1n) is 8.06. The molecule has 3 aromatic heterocycles. The van der Waals surface area contributed by atoms with Gasteiger partial charge in [0, 0.05) is 24.9 Å². The summed E-state index contributed by atoms with van der Waals surface area (Å²) >= 11 is 0. The van der Waals surface area contributed by atoms with Crippen LogP contribution in [0, 0.1) is 0 Å². The second-order valence-electron chi connectivity index (χ2n) is 5.79. The first-order valence-corrected chi connectivity index (χ1v) is 8.06. The molecule has 4 rings (SSSR count). The Labute approximate surface area is 148 Å². The predicted octanol–water partition coefficient (Wildman–Crippen LogP) is 3.41. The van der Waals surface area contributed by atoms with Crippen molar-refractivity contribution in [1.82, 2.24) is 9.38 Å². The molecule has 132 valence electrons. The van der Waals surface area contributed by atoms with Crippen molar-refractivity contribution >= 4 is 16.5 Å². The van der Waals surface area contributed by atoms with Crippen LogP contribution in [0.5, 0.6) is 5.75 Å². The molecular formula is C19H17N3O4. The van der Waals surface area contributed by atoms with Crippen molar-refractivity contribution in [2.75, 3.05) is 7.11 Å². The summed E-state index contributed by atoms with van der Waals surface area (Å²) in [4.78, 5) is 4.40. The van der Waals surface area contributed by atoms with Crippen LogP contribution in [0.15, 0.2) is 64.6 Å². The molecule has 1 unspecified atom stereocenters. The summed E-state index contributed by atoms with van der Waals surface area (Å²) in [5.41, 5.74) is 2.20. The van der Waals surface area contributed by atoms with Gasteiger partial charge in [-0.05, 0) is 43.3 Å². The molecule has 0 aliphatic rings. The summed E-state index contributed by atoms with van der Waals surface area (Å²) in [6, 6.07) is 12.8. The second-order valence-corrected chi connectivity index (χ2v) is 5.79. The van der Waals surface area contributed by atoms with Gasteiger partial charge in [-0.2, -0.15) is 0 Å². The lowest BCUT2D eigenvalue weighted by atomic mass is 10.2. The number of nitrogens with zero attached hydrogens (tertiary/aromatic N) is 3. The predicted molar refractivity (Wildman–Crippen MR) is 94.8 cm³/mol. The molecular weight excluding hydrogens is 334 g/mol. The summed E-state index contributed by atoms with van der Waals surface area (Å²) in [6.07, 6.45) is 3.24. The van der Waals surface area contributed by atoms with Gasteiger partial charge < -0.3 is 23.5 Å². The fourth-order valence-corrected chi connectivity index (χ4v) is 2.74. The Bertz CT molecular complexity index is 1150. The Kier molecular flexibility index (Phi) is 4.06. The molecule has 1 atom stereocenters. The minimum atomic E-state index is -0.392. The summed E-state index contributed by atoms with van der Waals surface area (Å²) in [6.45, 7) is 1.79. The lowest BCUT2D eigenvalue weighted by molar-refractivity contribution is -0.0382. The largest absolute Gasteiger partial charge is 0.465 e. The van der Waals surface area contributed by atoms with Crippen LogP contribution in [0.1, 0.15) is 6.92 Å². The van der Waals surface area contributed by atoms with E-state index in [-0.39, 0.29) is 0 Å². The van der Waals surface area contributed by atoms with E-state index in [9.17, 15) is 5.21 Å². The smallest absolute Gasteiger partial charge is 0.196 e. The molecule has 0 fully saturated rings. The minimum absolute atomic E-state index is 0.369. The van der Waals surface area contributed by atoms with Crippen molar-refractivity contribution < 1.29 is 19.1 Å².